The summed E-state index contributed by atoms with van der Waals surface area (Å²) in [7, 11) is 3.54. The van der Waals surface area contributed by atoms with Crippen LogP contribution < -0.4 is 15.0 Å². The molecule has 1 aliphatic heterocycles. The molecule has 2 atom stereocenters. The van der Waals surface area contributed by atoms with E-state index in [0.29, 0.717) is 18.0 Å². The molecule has 0 bridgehead atoms. The van der Waals surface area contributed by atoms with Crippen molar-refractivity contribution in [2.75, 3.05) is 20.8 Å². The molecule has 3 amide bonds. The van der Waals surface area contributed by atoms with Gasteiger partial charge in [-0.1, -0.05) is 48.4 Å². The van der Waals surface area contributed by atoms with Crippen LogP contribution in [0.4, 0.5) is 4.79 Å². The van der Waals surface area contributed by atoms with E-state index in [-0.39, 0.29) is 18.6 Å². The first kappa shape index (κ1) is 21.1. The highest BCUT2D eigenvalue weighted by molar-refractivity contribution is 6.30. The summed E-state index contributed by atoms with van der Waals surface area (Å²) in [6.07, 6.45) is 0.484. The average molecular weight is 417 g/mol. The fourth-order valence-corrected chi connectivity index (χ4v) is 3.98. The number of hydrogen-bond acceptors (Lipinski definition) is 3. The standard InChI is InChI=1S/C22H26ClN3O3/c1-5-22(17-8-6-15(2)7-9-17)20(27)26(21(28)24-22)14-25(3)13-16-12-18(23)10-11-19(16)29-4/h6-12H,5,13-14H2,1-4H3,(H,24,28)/p+1/t22-/m0/s1. The van der Waals surface area contributed by atoms with Crippen LogP contribution in [0.2, 0.25) is 5.02 Å². The van der Waals surface area contributed by atoms with Crippen LogP contribution in [0.25, 0.3) is 0 Å². The molecule has 0 radical (unpaired) electrons. The third kappa shape index (κ3) is 4.09. The molecule has 1 saturated heterocycles. The molecule has 6 nitrogen and oxygen atoms in total. The third-order valence-electron chi connectivity index (χ3n) is 5.41. The zero-order chi connectivity index (χ0) is 21.2. The number of quaternary nitrogens is 1. The van der Waals surface area contributed by atoms with Crippen LogP contribution in [-0.4, -0.2) is 37.7 Å². The number of ether oxygens (including phenoxy) is 1. The van der Waals surface area contributed by atoms with E-state index in [1.165, 1.54) is 4.90 Å². The van der Waals surface area contributed by atoms with Crippen LogP contribution in [0.15, 0.2) is 42.5 Å². The summed E-state index contributed by atoms with van der Waals surface area (Å²) in [6, 6.07) is 12.8. The molecule has 1 unspecified atom stereocenters. The summed E-state index contributed by atoms with van der Waals surface area (Å²) in [5.41, 5.74) is 1.82. The van der Waals surface area contributed by atoms with Gasteiger partial charge in [-0.25, -0.2) is 9.69 Å². The topological polar surface area (TPSA) is 63.1 Å². The van der Waals surface area contributed by atoms with E-state index in [4.69, 9.17) is 16.3 Å². The maximum absolute atomic E-state index is 13.3. The lowest BCUT2D eigenvalue weighted by Gasteiger charge is -2.26. The van der Waals surface area contributed by atoms with Gasteiger partial charge in [0, 0.05) is 10.6 Å². The smallest absolute Gasteiger partial charge is 0.329 e. The van der Waals surface area contributed by atoms with Crippen molar-refractivity contribution in [3.05, 3.63) is 64.2 Å². The van der Waals surface area contributed by atoms with Gasteiger partial charge in [0.2, 0.25) is 0 Å². The summed E-state index contributed by atoms with van der Waals surface area (Å²) in [6.45, 7) is 4.71. The molecule has 2 aromatic carbocycles. The Morgan fingerprint density at radius 1 is 1.17 bits per heavy atom. The molecule has 7 heteroatoms. The largest absolute Gasteiger partial charge is 0.496 e. The second-order valence-corrected chi connectivity index (χ2v) is 7.97. The van der Waals surface area contributed by atoms with Crippen LogP contribution in [0.1, 0.15) is 30.0 Å². The number of hydrogen-bond donors (Lipinski definition) is 2. The molecule has 1 fully saturated rings. The summed E-state index contributed by atoms with van der Waals surface area (Å²) >= 11 is 6.12. The molecule has 2 N–H and O–H groups in total. The summed E-state index contributed by atoms with van der Waals surface area (Å²) in [5, 5.41) is 3.55. The van der Waals surface area contributed by atoms with Gasteiger partial charge in [0.05, 0.1) is 14.2 Å². The SMILES string of the molecule is CC[C@@]1(c2ccc(C)cc2)NC(=O)N(C[NH+](C)Cc2cc(Cl)ccc2OC)C1=O. The van der Waals surface area contributed by atoms with Crippen molar-refractivity contribution in [2.45, 2.75) is 32.4 Å². The fraction of sp³-hybridized carbons (Fsp3) is 0.364. The number of carbonyl (C=O) groups excluding carboxylic acids is 2. The molecule has 2 aromatic rings. The van der Waals surface area contributed by atoms with E-state index in [2.05, 4.69) is 5.32 Å². The van der Waals surface area contributed by atoms with E-state index in [0.717, 1.165) is 27.3 Å². The van der Waals surface area contributed by atoms with Gasteiger partial charge in [-0.05, 0) is 37.1 Å². The number of halogens is 1. The molecule has 1 aliphatic rings. The third-order valence-corrected chi connectivity index (χ3v) is 5.65. The van der Waals surface area contributed by atoms with Gasteiger partial charge in [0.1, 0.15) is 17.8 Å². The number of methoxy groups -OCH3 is 1. The Morgan fingerprint density at radius 2 is 1.86 bits per heavy atom. The van der Waals surface area contributed by atoms with Gasteiger partial charge in [-0.2, -0.15) is 0 Å². The zero-order valence-corrected chi connectivity index (χ0v) is 18.0. The number of urea groups is 1. The van der Waals surface area contributed by atoms with Crippen molar-refractivity contribution in [2.24, 2.45) is 0 Å². The first-order valence-corrected chi connectivity index (χ1v) is 10.0. The van der Waals surface area contributed by atoms with Crippen molar-refractivity contribution in [3.8, 4) is 5.75 Å². The molecule has 3 rings (SSSR count). The number of amides is 3. The Bertz CT molecular complexity index is 916. The first-order valence-electron chi connectivity index (χ1n) is 9.65. The van der Waals surface area contributed by atoms with Crippen molar-refractivity contribution >= 4 is 23.5 Å². The van der Waals surface area contributed by atoms with E-state index in [1.807, 2.05) is 57.3 Å². The number of rotatable bonds is 7. The highest BCUT2D eigenvalue weighted by atomic mass is 35.5. The minimum absolute atomic E-state index is 0.216. The van der Waals surface area contributed by atoms with Crippen LogP contribution in [0.5, 0.6) is 5.75 Å². The Morgan fingerprint density at radius 3 is 2.48 bits per heavy atom. The number of aryl methyl sites for hydroxylation is 1. The molecular formula is C22H27ClN3O3+. The number of imide groups is 1. The first-order chi connectivity index (χ1) is 13.8. The van der Waals surface area contributed by atoms with Crippen LogP contribution >= 0.6 is 11.6 Å². The van der Waals surface area contributed by atoms with E-state index < -0.39 is 5.54 Å². The van der Waals surface area contributed by atoms with E-state index in [1.54, 1.807) is 13.2 Å². The second kappa shape index (κ2) is 8.43. The fourth-order valence-electron chi connectivity index (χ4n) is 3.78. The summed E-state index contributed by atoms with van der Waals surface area (Å²) in [5.74, 6) is 0.514. The molecule has 0 spiro atoms. The molecule has 154 valence electrons. The lowest BCUT2D eigenvalue weighted by molar-refractivity contribution is -0.901. The second-order valence-electron chi connectivity index (χ2n) is 7.54. The number of nitrogens with zero attached hydrogens (tertiary/aromatic N) is 1. The molecule has 29 heavy (non-hydrogen) atoms. The molecular weight excluding hydrogens is 390 g/mol. The predicted octanol–water partition coefficient (Wildman–Crippen LogP) is 2.49. The normalized spacial score (nSPS) is 20.0. The van der Waals surface area contributed by atoms with Gasteiger partial charge in [-0.3, -0.25) is 4.79 Å². The minimum atomic E-state index is -1.02. The van der Waals surface area contributed by atoms with E-state index in [9.17, 15) is 9.59 Å². The monoisotopic (exact) mass is 416 g/mol. The lowest BCUT2D eigenvalue weighted by Crippen LogP contribution is -3.09. The molecule has 0 saturated carbocycles. The zero-order valence-electron chi connectivity index (χ0n) is 17.2. The minimum Gasteiger partial charge on any atom is -0.496 e. The predicted molar refractivity (Wildman–Crippen MR) is 112 cm³/mol. The van der Waals surface area contributed by atoms with Crippen molar-refractivity contribution in [1.29, 1.82) is 0 Å². The Kier molecular flexibility index (Phi) is 6.15. The summed E-state index contributed by atoms with van der Waals surface area (Å²) < 4.78 is 5.40. The van der Waals surface area contributed by atoms with Crippen LogP contribution in [0.3, 0.4) is 0 Å². The van der Waals surface area contributed by atoms with Crippen molar-refractivity contribution in [3.63, 3.8) is 0 Å². The number of benzene rings is 2. The molecule has 0 aliphatic carbocycles. The number of nitrogens with one attached hydrogen (secondary N) is 2. The van der Waals surface area contributed by atoms with Gasteiger partial charge < -0.3 is 15.0 Å². The van der Waals surface area contributed by atoms with Gasteiger partial charge in [0.25, 0.3) is 5.91 Å². The Hall–Kier alpha value is -2.57. The van der Waals surface area contributed by atoms with Gasteiger partial charge in [0.15, 0.2) is 6.67 Å². The lowest BCUT2D eigenvalue weighted by atomic mass is 9.87. The van der Waals surface area contributed by atoms with Gasteiger partial charge in [-0.15, -0.1) is 0 Å². The quantitative estimate of drug-likeness (QED) is 0.681. The Balaban J connectivity index is 1.79. The molecule has 1 heterocycles. The van der Waals surface area contributed by atoms with E-state index >= 15 is 0 Å². The molecule has 0 aromatic heterocycles. The Labute approximate surface area is 176 Å². The average Bonchev–Trinajstić information content (AvgIpc) is 2.94. The maximum atomic E-state index is 13.3. The summed E-state index contributed by atoms with van der Waals surface area (Å²) in [4.78, 5) is 28.3. The number of carbonyl (C=O) groups is 2. The van der Waals surface area contributed by atoms with Crippen LogP contribution in [-0.2, 0) is 16.9 Å². The van der Waals surface area contributed by atoms with Crippen LogP contribution in [0, 0.1) is 6.92 Å². The highest BCUT2D eigenvalue weighted by Crippen LogP contribution is 2.32. The van der Waals surface area contributed by atoms with Crippen molar-refractivity contribution < 1.29 is 19.2 Å². The van der Waals surface area contributed by atoms with Gasteiger partial charge >= 0.3 is 6.03 Å². The van der Waals surface area contributed by atoms with Crippen molar-refractivity contribution in [1.82, 2.24) is 10.2 Å². The maximum Gasteiger partial charge on any atom is 0.329 e. The highest BCUT2D eigenvalue weighted by Gasteiger charge is 2.52.